The van der Waals surface area contributed by atoms with Crippen molar-refractivity contribution in [1.82, 2.24) is 4.90 Å². The van der Waals surface area contributed by atoms with E-state index in [0.29, 0.717) is 11.9 Å². The second kappa shape index (κ2) is 6.77. The first kappa shape index (κ1) is 15.3. The monoisotopic (exact) mass is 227 g/mol. The number of hydrogen-bond donors (Lipinski definition) is 1. The summed E-state index contributed by atoms with van der Waals surface area (Å²) in [4.78, 5) is 6.71. The molecule has 96 valence electrons. The average molecular weight is 227 g/mol. The Hall–Kier alpha value is -0.730. The van der Waals surface area contributed by atoms with Crippen molar-refractivity contribution in [2.75, 3.05) is 13.1 Å². The number of hydrogen-bond acceptors (Lipinski definition) is 1. The molecule has 16 heavy (non-hydrogen) atoms. The molecule has 0 aromatic rings. The summed E-state index contributed by atoms with van der Waals surface area (Å²) in [7, 11) is 0. The summed E-state index contributed by atoms with van der Waals surface area (Å²) >= 11 is 0. The number of rotatable bonds is 5. The predicted molar refractivity (Wildman–Crippen MR) is 72.7 cm³/mol. The standard InChI is InChI=1S/C13H29N3/c1-7-11(8-2)10-16(9-3)12(14)15-13(4,5)6/h11H,7-10H2,1-6H3,(H2,14,15). The second-order valence-corrected chi connectivity index (χ2v) is 5.36. The van der Waals surface area contributed by atoms with Crippen LogP contribution in [0.3, 0.4) is 0 Å². The first-order valence-electron chi connectivity index (χ1n) is 6.44. The summed E-state index contributed by atoms with van der Waals surface area (Å²) < 4.78 is 0. The largest absolute Gasteiger partial charge is 0.370 e. The topological polar surface area (TPSA) is 41.6 Å². The summed E-state index contributed by atoms with van der Waals surface area (Å²) in [5.41, 5.74) is 5.96. The van der Waals surface area contributed by atoms with E-state index in [2.05, 4.69) is 51.4 Å². The van der Waals surface area contributed by atoms with Crippen molar-refractivity contribution in [1.29, 1.82) is 0 Å². The van der Waals surface area contributed by atoms with Crippen LogP contribution in [0.25, 0.3) is 0 Å². The van der Waals surface area contributed by atoms with Gasteiger partial charge < -0.3 is 10.6 Å². The van der Waals surface area contributed by atoms with Crippen molar-refractivity contribution in [3.63, 3.8) is 0 Å². The van der Waals surface area contributed by atoms with Crippen LogP contribution in [0.15, 0.2) is 4.99 Å². The van der Waals surface area contributed by atoms with E-state index in [1.807, 2.05) is 0 Å². The van der Waals surface area contributed by atoms with Crippen LogP contribution < -0.4 is 5.73 Å². The Morgan fingerprint density at radius 2 is 1.69 bits per heavy atom. The average Bonchev–Trinajstić information content (AvgIpc) is 2.17. The van der Waals surface area contributed by atoms with E-state index < -0.39 is 0 Å². The summed E-state index contributed by atoms with van der Waals surface area (Å²) in [5.74, 6) is 1.40. The normalized spacial score (nSPS) is 13.3. The van der Waals surface area contributed by atoms with Crippen LogP contribution in [-0.4, -0.2) is 29.5 Å². The van der Waals surface area contributed by atoms with E-state index in [4.69, 9.17) is 5.73 Å². The fourth-order valence-corrected chi connectivity index (χ4v) is 1.66. The Labute approximate surface area is 101 Å². The lowest BCUT2D eigenvalue weighted by Crippen LogP contribution is -2.41. The number of nitrogens with zero attached hydrogens (tertiary/aromatic N) is 2. The van der Waals surface area contributed by atoms with Crippen LogP contribution >= 0.6 is 0 Å². The molecule has 0 amide bonds. The third-order valence-electron chi connectivity index (χ3n) is 2.79. The molecule has 0 atom stereocenters. The van der Waals surface area contributed by atoms with E-state index in [9.17, 15) is 0 Å². The van der Waals surface area contributed by atoms with Gasteiger partial charge in [-0.25, -0.2) is 4.99 Å². The Kier molecular flexibility index (Phi) is 6.46. The first-order chi connectivity index (χ1) is 7.34. The number of aliphatic imine (C=N–C) groups is 1. The highest BCUT2D eigenvalue weighted by Crippen LogP contribution is 2.11. The lowest BCUT2D eigenvalue weighted by molar-refractivity contribution is 0.328. The van der Waals surface area contributed by atoms with Crippen LogP contribution in [0.5, 0.6) is 0 Å². The molecule has 0 aliphatic carbocycles. The van der Waals surface area contributed by atoms with Gasteiger partial charge in [-0.2, -0.15) is 0 Å². The molecular formula is C13H29N3. The molecular weight excluding hydrogens is 198 g/mol. The molecule has 0 aliphatic rings. The summed E-state index contributed by atoms with van der Waals surface area (Å²) in [6.07, 6.45) is 2.41. The summed E-state index contributed by atoms with van der Waals surface area (Å²) in [6.45, 7) is 14.8. The molecule has 0 aliphatic heterocycles. The van der Waals surface area contributed by atoms with Gasteiger partial charge in [0.05, 0.1) is 5.54 Å². The van der Waals surface area contributed by atoms with Crippen LogP contribution in [0.2, 0.25) is 0 Å². The van der Waals surface area contributed by atoms with Crippen LogP contribution in [0.1, 0.15) is 54.4 Å². The Morgan fingerprint density at radius 3 is 2.00 bits per heavy atom. The molecule has 0 saturated carbocycles. The van der Waals surface area contributed by atoms with Crippen LogP contribution in [-0.2, 0) is 0 Å². The highest BCUT2D eigenvalue weighted by molar-refractivity contribution is 5.78. The molecule has 0 spiro atoms. The summed E-state index contributed by atoms with van der Waals surface area (Å²) in [6, 6.07) is 0. The lowest BCUT2D eigenvalue weighted by Gasteiger charge is -2.28. The van der Waals surface area contributed by atoms with Gasteiger partial charge in [-0.15, -0.1) is 0 Å². The third-order valence-corrected chi connectivity index (χ3v) is 2.79. The van der Waals surface area contributed by atoms with Gasteiger partial charge in [0.2, 0.25) is 0 Å². The quantitative estimate of drug-likeness (QED) is 0.579. The van der Waals surface area contributed by atoms with E-state index in [1.54, 1.807) is 0 Å². The highest BCUT2D eigenvalue weighted by atomic mass is 15.3. The minimum Gasteiger partial charge on any atom is -0.370 e. The minimum atomic E-state index is -0.0918. The smallest absolute Gasteiger partial charge is 0.191 e. The number of guanidine groups is 1. The van der Waals surface area contributed by atoms with Crippen LogP contribution in [0, 0.1) is 5.92 Å². The molecule has 3 heteroatoms. The van der Waals surface area contributed by atoms with Gasteiger partial charge >= 0.3 is 0 Å². The van der Waals surface area contributed by atoms with E-state index in [1.165, 1.54) is 12.8 Å². The highest BCUT2D eigenvalue weighted by Gasteiger charge is 2.15. The third kappa shape index (κ3) is 5.99. The Bertz CT molecular complexity index is 212. The van der Waals surface area contributed by atoms with Crippen molar-refractivity contribution in [2.45, 2.75) is 59.9 Å². The zero-order chi connectivity index (χ0) is 12.8. The molecule has 2 N–H and O–H groups in total. The molecule has 3 nitrogen and oxygen atoms in total. The summed E-state index contributed by atoms with van der Waals surface area (Å²) in [5, 5.41) is 0. The Morgan fingerprint density at radius 1 is 1.19 bits per heavy atom. The fraction of sp³-hybridized carbons (Fsp3) is 0.923. The first-order valence-corrected chi connectivity index (χ1v) is 6.44. The molecule has 0 heterocycles. The van der Waals surface area contributed by atoms with Crippen molar-refractivity contribution in [3.05, 3.63) is 0 Å². The van der Waals surface area contributed by atoms with Gasteiger partial charge in [-0.1, -0.05) is 26.7 Å². The maximum Gasteiger partial charge on any atom is 0.191 e. The molecule has 0 saturated heterocycles. The van der Waals surface area contributed by atoms with Gasteiger partial charge in [0.15, 0.2) is 5.96 Å². The fourth-order valence-electron chi connectivity index (χ4n) is 1.66. The maximum absolute atomic E-state index is 6.05. The molecule has 0 aromatic carbocycles. The lowest BCUT2D eigenvalue weighted by atomic mass is 10.0. The van der Waals surface area contributed by atoms with Crippen molar-refractivity contribution >= 4 is 5.96 Å². The van der Waals surface area contributed by atoms with E-state index >= 15 is 0 Å². The Balaban J connectivity index is 4.55. The number of nitrogens with two attached hydrogens (primary N) is 1. The zero-order valence-electron chi connectivity index (χ0n) is 11.9. The molecule has 0 unspecified atom stereocenters. The molecule has 0 fully saturated rings. The minimum absolute atomic E-state index is 0.0918. The molecule has 0 radical (unpaired) electrons. The van der Waals surface area contributed by atoms with Gasteiger partial charge in [0, 0.05) is 13.1 Å². The SMILES string of the molecule is CCC(CC)CN(CC)C(N)=NC(C)(C)C. The van der Waals surface area contributed by atoms with Crippen molar-refractivity contribution in [3.8, 4) is 0 Å². The molecule has 0 aromatic heterocycles. The van der Waals surface area contributed by atoms with Gasteiger partial charge in [0.1, 0.15) is 0 Å². The molecule has 0 rings (SSSR count). The van der Waals surface area contributed by atoms with Crippen molar-refractivity contribution in [2.24, 2.45) is 16.6 Å². The second-order valence-electron chi connectivity index (χ2n) is 5.36. The van der Waals surface area contributed by atoms with Gasteiger partial charge in [-0.05, 0) is 33.6 Å². The molecule has 0 bridgehead atoms. The van der Waals surface area contributed by atoms with Gasteiger partial charge in [-0.3, -0.25) is 0 Å². The zero-order valence-corrected chi connectivity index (χ0v) is 11.9. The van der Waals surface area contributed by atoms with E-state index in [0.717, 1.165) is 13.1 Å². The predicted octanol–water partition coefficient (Wildman–Crippen LogP) is 2.86. The van der Waals surface area contributed by atoms with Gasteiger partial charge in [0.25, 0.3) is 0 Å². The van der Waals surface area contributed by atoms with Crippen molar-refractivity contribution < 1.29 is 0 Å². The maximum atomic E-state index is 6.05. The van der Waals surface area contributed by atoms with E-state index in [-0.39, 0.29) is 5.54 Å². The van der Waals surface area contributed by atoms with Crippen LogP contribution in [0.4, 0.5) is 0 Å².